The molecule has 0 bridgehead atoms. The zero-order valence-corrected chi connectivity index (χ0v) is 15.0. The maximum Gasteiger partial charge on any atom is 0.410 e. The van der Waals surface area contributed by atoms with Crippen LogP contribution >= 0.6 is 27.7 Å². The first-order valence-electron chi connectivity index (χ1n) is 7.10. The van der Waals surface area contributed by atoms with Crippen molar-refractivity contribution >= 4 is 33.8 Å². The first kappa shape index (κ1) is 16.6. The number of thioether (sulfide) groups is 1. The number of rotatable bonds is 3. The smallest absolute Gasteiger partial charge is 0.410 e. The third-order valence-electron chi connectivity index (χ3n) is 3.12. The fraction of sp³-hybridized carbons (Fsp3) is 0.600. The average molecular weight is 373 g/mol. The van der Waals surface area contributed by atoms with Crippen molar-refractivity contribution in [1.29, 1.82) is 0 Å². The van der Waals surface area contributed by atoms with Crippen LogP contribution < -0.4 is 0 Å². The second-order valence-corrected chi connectivity index (χ2v) is 7.93. The molecule has 1 aromatic heterocycles. The molecule has 0 N–H and O–H groups in total. The molecule has 1 atom stereocenters. The van der Waals surface area contributed by atoms with Gasteiger partial charge in [0.05, 0.1) is 5.03 Å². The monoisotopic (exact) mass is 372 g/mol. The standard InChI is InChI=1S/C15H21BrN2O2S/c1-15(2,3)20-14(19)18-9-5-6-11(18)10-21-13-8-4-7-12(16)17-13/h4,7-8,11H,5-6,9-10H2,1-3H3/t11-/m1/s1. The van der Waals surface area contributed by atoms with Crippen molar-refractivity contribution < 1.29 is 9.53 Å². The number of hydrogen-bond donors (Lipinski definition) is 0. The number of ether oxygens (including phenoxy) is 1. The van der Waals surface area contributed by atoms with Gasteiger partial charge in [0.2, 0.25) is 0 Å². The van der Waals surface area contributed by atoms with E-state index in [-0.39, 0.29) is 12.1 Å². The normalized spacial score (nSPS) is 18.9. The van der Waals surface area contributed by atoms with Crippen molar-refractivity contribution in [3.63, 3.8) is 0 Å². The zero-order valence-electron chi connectivity index (χ0n) is 12.6. The molecule has 21 heavy (non-hydrogen) atoms. The van der Waals surface area contributed by atoms with Gasteiger partial charge < -0.3 is 9.64 Å². The SMILES string of the molecule is CC(C)(C)OC(=O)N1CCC[C@@H]1CSc1cccc(Br)n1. The van der Waals surface area contributed by atoms with Gasteiger partial charge in [-0.05, 0) is 61.7 Å². The third-order valence-corrected chi connectivity index (χ3v) is 4.63. The average Bonchev–Trinajstić information content (AvgIpc) is 2.83. The Hall–Kier alpha value is -0.750. The van der Waals surface area contributed by atoms with Crippen LogP contribution in [0.1, 0.15) is 33.6 Å². The highest BCUT2D eigenvalue weighted by molar-refractivity contribution is 9.10. The van der Waals surface area contributed by atoms with Crippen molar-refractivity contribution in [2.24, 2.45) is 0 Å². The molecule has 1 aliphatic heterocycles. The van der Waals surface area contributed by atoms with E-state index in [0.717, 1.165) is 34.8 Å². The van der Waals surface area contributed by atoms with E-state index in [2.05, 4.69) is 20.9 Å². The number of aromatic nitrogens is 1. The van der Waals surface area contributed by atoms with Gasteiger partial charge in [0, 0.05) is 18.3 Å². The van der Waals surface area contributed by atoms with E-state index in [1.807, 2.05) is 43.9 Å². The molecule has 0 unspecified atom stereocenters. The molecular weight excluding hydrogens is 352 g/mol. The quantitative estimate of drug-likeness (QED) is 0.584. The fourth-order valence-corrected chi connectivity index (χ4v) is 3.73. The summed E-state index contributed by atoms with van der Waals surface area (Å²) in [6, 6.07) is 6.10. The van der Waals surface area contributed by atoms with Crippen molar-refractivity contribution in [1.82, 2.24) is 9.88 Å². The molecular formula is C15H21BrN2O2S. The van der Waals surface area contributed by atoms with Crippen molar-refractivity contribution in [2.45, 2.75) is 50.3 Å². The van der Waals surface area contributed by atoms with Gasteiger partial charge >= 0.3 is 6.09 Å². The predicted octanol–water partition coefficient (Wildman–Crippen LogP) is 4.34. The van der Waals surface area contributed by atoms with E-state index in [1.165, 1.54) is 0 Å². The van der Waals surface area contributed by atoms with Gasteiger partial charge in [-0.15, -0.1) is 11.8 Å². The number of carbonyl (C=O) groups excluding carboxylic acids is 1. The molecule has 1 fully saturated rings. The second kappa shape index (κ2) is 7.01. The van der Waals surface area contributed by atoms with E-state index in [1.54, 1.807) is 11.8 Å². The molecule has 1 aliphatic rings. The van der Waals surface area contributed by atoms with Crippen LogP contribution in [0.2, 0.25) is 0 Å². The Morgan fingerprint density at radius 3 is 2.95 bits per heavy atom. The maximum absolute atomic E-state index is 12.2. The Morgan fingerprint density at radius 1 is 1.52 bits per heavy atom. The second-order valence-electron chi connectivity index (χ2n) is 6.08. The summed E-state index contributed by atoms with van der Waals surface area (Å²) < 4.78 is 6.31. The lowest BCUT2D eigenvalue weighted by Gasteiger charge is -2.28. The number of nitrogens with zero attached hydrogens (tertiary/aromatic N) is 2. The van der Waals surface area contributed by atoms with E-state index in [0.29, 0.717) is 0 Å². The topological polar surface area (TPSA) is 42.4 Å². The number of pyridine rings is 1. The summed E-state index contributed by atoms with van der Waals surface area (Å²) in [5.41, 5.74) is -0.441. The Kier molecular flexibility index (Phi) is 5.54. The fourth-order valence-electron chi connectivity index (χ4n) is 2.22. The van der Waals surface area contributed by atoms with Gasteiger partial charge in [-0.1, -0.05) is 6.07 Å². The summed E-state index contributed by atoms with van der Waals surface area (Å²) in [5, 5.41) is 0.973. The number of carbonyl (C=O) groups is 1. The van der Waals surface area contributed by atoms with Crippen molar-refractivity contribution in [3.05, 3.63) is 22.8 Å². The Balaban J connectivity index is 1.91. The van der Waals surface area contributed by atoms with Crippen LogP contribution in [0, 0.1) is 0 Å². The Labute approximate surface area is 138 Å². The van der Waals surface area contributed by atoms with Gasteiger partial charge in [-0.2, -0.15) is 0 Å². The molecule has 0 aromatic carbocycles. The lowest BCUT2D eigenvalue weighted by atomic mass is 10.2. The molecule has 6 heteroatoms. The summed E-state index contributed by atoms with van der Waals surface area (Å²) in [7, 11) is 0. The Morgan fingerprint density at radius 2 is 2.29 bits per heavy atom. The summed E-state index contributed by atoms with van der Waals surface area (Å²) in [6.45, 7) is 6.48. The van der Waals surface area contributed by atoms with E-state index in [4.69, 9.17) is 4.74 Å². The molecule has 0 radical (unpaired) electrons. The minimum absolute atomic E-state index is 0.201. The highest BCUT2D eigenvalue weighted by Gasteiger charge is 2.32. The first-order valence-corrected chi connectivity index (χ1v) is 8.88. The molecule has 2 heterocycles. The lowest BCUT2D eigenvalue weighted by molar-refractivity contribution is 0.0242. The van der Waals surface area contributed by atoms with Crippen LogP contribution in [0.25, 0.3) is 0 Å². The molecule has 0 aliphatic carbocycles. The highest BCUT2D eigenvalue weighted by atomic mass is 79.9. The van der Waals surface area contributed by atoms with Gasteiger partial charge in [-0.3, -0.25) is 0 Å². The molecule has 4 nitrogen and oxygen atoms in total. The van der Waals surface area contributed by atoms with Gasteiger partial charge in [-0.25, -0.2) is 9.78 Å². The van der Waals surface area contributed by atoms with Crippen LogP contribution in [0.4, 0.5) is 4.79 Å². The highest BCUT2D eigenvalue weighted by Crippen LogP contribution is 2.27. The minimum Gasteiger partial charge on any atom is -0.444 e. The number of halogens is 1. The summed E-state index contributed by atoms with van der Waals surface area (Å²) >= 11 is 5.06. The predicted molar refractivity (Wildman–Crippen MR) is 88.6 cm³/mol. The van der Waals surface area contributed by atoms with Gasteiger partial charge in [0.15, 0.2) is 0 Å². The molecule has 0 saturated carbocycles. The molecule has 1 aromatic rings. The number of hydrogen-bond acceptors (Lipinski definition) is 4. The van der Waals surface area contributed by atoms with Crippen LogP contribution in [-0.4, -0.2) is 39.9 Å². The summed E-state index contributed by atoms with van der Waals surface area (Å²) in [6.07, 6.45) is 1.86. The minimum atomic E-state index is -0.441. The molecule has 116 valence electrons. The van der Waals surface area contributed by atoms with Crippen LogP contribution in [0.3, 0.4) is 0 Å². The largest absolute Gasteiger partial charge is 0.444 e. The molecule has 0 spiro atoms. The van der Waals surface area contributed by atoms with Crippen LogP contribution in [0.5, 0.6) is 0 Å². The lowest BCUT2D eigenvalue weighted by Crippen LogP contribution is -2.40. The van der Waals surface area contributed by atoms with Crippen molar-refractivity contribution in [2.75, 3.05) is 12.3 Å². The van der Waals surface area contributed by atoms with Gasteiger partial charge in [0.25, 0.3) is 0 Å². The Bertz CT molecular complexity index is 505. The number of amides is 1. The molecule has 1 saturated heterocycles. The van der Waals surface area contributed by atoms with E-state index in [9.17, 15) is 4.79 Å². The van der Waals surface area contributed by atoms with Crippen LogP contribution in [0.15, 0.2) is 27.8 Å². The molecule has 2 rings (SSSR count). The van der Waals surface area contributed by atoms with E-state index >= 15 is 0 Å². The van der Waals surface area contributed by atoms with Crippen LogP contribution in [-0.2, 0) is 4.74 Å². The van der Waals surface area contributed by atoms with Gasteiger partial charge in [0.1, 0.15) is 10.2 Å². The maximum atomic E-state index is 12.2. The number of likely N-dealkylation sites (tertiary alicyclic amines) is 1. The van der Waals surface area contributed by atoms with Crippen molar-refractivity contribution in [3.8, 4) is 0 Å². The third kappa shape index (κ3) is 5.18. The summed E-state index contributed by atoms with van der Waals surface area (Å²) in [4.78, 5) is 18.5. The zero-order chi connectivity index (χ0) is 15.5. The summed E-state index contributed by atoms with van der Waals surface area (Å²) in [5.74, 6) is 0.850. The molecule has 1 amide bonds. The van der Waals surface area contributed by atoms with E-state index < -0.39 is 5.60 Å². The first-order chi connectivity index (χ1) is 9.85.